The molecule has 2 aromatic heterocycles. The van der Waals surface area contributed by atoms with Crippen LogP contribution < -0.4 is 5.73 Å². The van der Waals surface area contributed by atoms with Crippen molar-refractivity contribution in [2.24, 2.45) is 0 Å². The van der Waals surface area contributed by atoms with E-state index < -0.39 is 0 Å². The molecule has 0 amide bonds. The van der Waals surface area contributed by atoms with Crippen LogP contribution in [-0.2, 0) is 0 Å². The Bertz CT molecular complexity index is 442. The molecule has 2 heterocycles. The molecule has 0 aliphatic heterocycles. The van der Waals surface area contributed by atoms with Crippen molar-refractivity contribution in [3.63, 3.8) is 0 Å². The summed E-state index contributed by atoms with van der Waals surface area (Å²) in [6, 6.07) is 7.54. The van der Waals surface area contributed by atoms with E-state index in [0.29, 0.717) is 5.82 Å². The fraction of sp³-hybridized carbons (Fsp3) is 0. The van der Waals surface area contributed by atoms with Crippen molar-refractivity contribution in [2.45, 2.75) is 0 Å². The maximum atomic E-state index is 5.61. The van der Waals surface area contributed by atoms with Crippen LogP contribution in [0, 0.1) is 0 Å². The number of rotatable bonds is 1. The summed E-state index contributed by atoms with van der Waals surface area (Å²) in [5.74, 6) is 0.494. The van der Waals surface area contributed by atoms with Gasteiger partial charge < -0.3 is 5.73 Å². The van der Waals surface area contributed by atoms with Gasteiger partial charge in [-0.15, -0.1) is 0 Å². The Morgan fingerprint density at radius 2 is 2.07 bits per heavy atom. The fourth-order valence-electron chi connectivity index (χ4n) is 1.17. The van der Waals surface area contributed by atoms with E-state index in [-0.39, 0.29) is 0 Å². The molecule has 2 aromatic rings. The quantitative estimate of drug-likeness (QED) is 0.845. The SMILES string of the molecule is Nc1cc(-c2ccccn2)c(Br)cn1. The van der Waals surface area contributed by atoms with Gasteiger partial charge in [0.15, 0.2) is 0 Å². The zero-order valence-corrected chi connectivity index (χ0v) is 8.90. The molecule has 0 saturated carbocycles. The molecule has 0 aliphatic carbocycles. The van der Waals surface area contributed by atoms with Crippen molar-refractivity contribution < 1.29 is 0 Å². The van der Waals surface area contributed by atoms with Gasteiger partial charge in [-0.05, 0) is 34.1 Å². The van der Waals surface area contributed by atoms with Gasteiger partial charge >= 0.3 is 0 Å². The molecule has 2 N–H and O–H groups in total. The van der Waals surface area contributed by atoms with Crippen LogP contribution >= 0.6 is 15.9 Å². The van der Waals surface area contributed by atoms with Crippen LogP contribution in [0.2, 0.25) is 0 Å². The first-order chi connectivity index (χ1) is 6.77. The molecule has 0 bridgehead atoms. The predicted molar refractivity (Wildman–Crippen MR) is 59.6 cm³/mol. The average molecular weight is 250 g/mol. The number of aromatic nitrogens is 2. The zero-order valence-electron chi connectivity index (χ0n) is 7.31. The number of pyridine rings is 2. The Labute approximate surface area is 90.1 Å². The first kappa shape index (κ1) is 9.15. The lowest BCUT2D eigenvalue weighted by atomic mass is 10.2. The summed E-state index contributed by atoms with van der Waals surface area (Å²) in [6.45, 7) is 0. The number of nitrogens with zero attached hydrogens (tertiary/aromatic N) is 2. The van der Waals surface area contributed by atoms with Crippen LogP contribution in [0.15, 0.2) is 41.1 Å². The predicted octanol–water partition coefficient (Wildman–Crippen LogP) is 2.49. The van der Waals surface area contributed by atoms with Crippen LogP contribution in [0.4, 0.5) is 5.82 Å². The van der Waals surface area contributed by atoms with Crippen LogP contribution in [0.5, 0.6) is 0 Å². The van der Waals surface area contributed by atoms with Gasteiger partial charge in [0, 0.05) is 22.4 Å². The summed E-state index contributed by atoms with van der Waals surface area (Å²) in [4.78, 5) is 8.21. The minimum absolute atomic E-state index is 0.494. The third-order valence-electron chi connectivity index (χ3n) is 1.82. The van der Waals surface area contributed by atoms with Gasteiger partial charge in [0.05, 0.1) is 5.69 Å². The smallest absolute Gasteiger partial charge is 0.124 e. The van der Waals surface area contributed by atoms with E-state index in [4.69, 9.17) is 5.73 Å². The fourth-order valence-corrected chi connectivity index (χ4v) is 1.59. The molecule has 0 aliphatic rings. The molecule has 0 spiro atoms. The van der Waals surface area contributed by atoms with Crippen LogP contribution in [-0.4, -0.2) is 9.97 Å². The Morgan fingerprint density at radius 3 is 2.79 bits per heavy atom. The maximum Gasteiger partial charge on any atom is 0.124 e. The summed E-state index contributed by atoms with van der Waals surface area (Å²) in [5, 5.41) is 0. The third-order valence-corrected chi connectivity index (χ3v) is 2.45. The molecule has 0 atom stereocenters. The second-order valence-electron chi connectivity index (χ2n) is 2.80. The van der Waals surface area contributed by atoms with Crippen LogP contribution in [0.1, 0.15) is 0 Å². The van der Waals surface area contributed by atoms with E-state index in [0.717, 1.165) is 15.7 Å². The molecule has 0 unspecified atom stereocenters. The number of nitrogen functional groups attached to an aromatic ring is 1. The molecule has 0 saturated heterocycles. The molecule has 14 heavy (non-hydrogen) atoms. The Balaban J connectivity index is 2.57. The molecule has 3 nitrogen and oxygen atoms in total. The summed E-state index contributed by atoms with van der Waals surface area (Å²) in [5.41, 5.74) is 7.44. The summed E-state index contributed by atoms with van der Waals surface area (Å²) < 4.78 is 0.894. The van der Waals surface area contributed by atoms with E-state index in [1.807, 2.05) is 18.2 Å². The van der Waals surface area contributed by atoms with E-state index in [9.17, 15) is 0 Å². The second kappa shape index (κ2) is 3.75. The van der Waals surface area contributed by atoms with Gasteiger partial charge in [0.2, 0.25) is 0 Å². The monoisotopic (exact) mass is 249 g/mol. The van der Waals surface area contributed by atoms with Gasteiger partial charge in [0.1, 0.15) is 5.82 Å². The standard InChI is InChI=1S/C10H8BrN3/c11-8-6-14-10(12)5-7(8)9-3-1-2-4-13-9/h1-6H,(H2,12,14). The highest BCUT2D eigenvalue weighted by atomic mass is 79.9. The van der Waals surface area contributed by atoms with Gasteiger partial charge in [-0.3, -0.25) is 4.98 Å². The highest BCUT2D eigenvalue weighted by molar-refractivity contribution is 9.10. The van der Waals surface area contributed by atoms with E-state index in [1.165, 1.54) is 0 Å². The second-order valence-corrected chi connectivity index (χ2v) is 3.66. The minimum atomic E-state index is 0.494. The molecule has 70 valence electrons. The third kappa shape index (κ3) is 1.75. The molecule has 4 heteroatoms. The van der Waals surface area contributed by atoms with Crippen molar-refractivity contribution in [1.29, 1.82) is 0 Å². The highest BCUT2D eigenvalue weighted by Gasteiger charge is 2.04. The van der Waals surface area contributed by atoms with Crippen molar-refractivity contribution >= 4 is 21.7 Å². The Morgan fingerprint density at radius 1 is 1.21 bits per heavy atom. The number of hydrogen-bond donors (Lipinski definition) is 1. The van der Waals surface area contributed by atoms with Crippen LogP contribution in [0.25, 0.3) is 11.3 Å². The van der Waals surface area contributed by atoms with Crippen molar-refractivity contribution in [1.82, 2.24) is 9.97 Å². The van der Waals surface area contributed by atoms with Gasteiger partial charge in [-0.2, -0.15) is 0 Å². The number of anilines is 1. The van der Waals surface area contributed by atoms with Crippen LogP contribution in [0.3, 0.4) is 0 Å². The lowest BCUT2D eigenvalue weighted by Gasteiger charge is -2.03. The molecular weight excluding hydrogens is 242 g/mol. The lowest BCUT2D eigenvalue weighted by molar-refractivity contribution is 1.28. The Kier molecular flexibility index (Phi) is 2.45. The van der Waals surface area contributed by atoms with Crippen molar-refractivity contribution in [3.8, 4) is 11.3 Å². The largest absolute Gasteiger partial charge is 0.384 e. The normalized spacial score (nSPS) is 10.1. The summed E-state index contributed by atoms with van der Waals surface area (Å²) >= 11 is 3.41. The zero-order chi connectivity index (χ0) is 9.97. The Hall–Kier alpha value is -1.42. The van der Waals surface area contributed by atoms with E-state index in [2.05, 4.69) is 25.9 Å². The summed E-state index contributed by atoms with van der Waals surface area (Å²) in [7, 11) is 0. The number of nitrogens with two attached hydrogens (primary N) is 1. The molecule has 0 fully saturated rings. The van der Waals surface area contributed by atoms with E-state index >= 15 is 0 Å². The number of hydrogen-bond acceptors (Lipinski definition) is 3. The van der Waals surface area contributed by atoms with E-state index in [1.54, 1.807) is 18.5 Å². The maximum absolute atomic E-state index is 5.61. The number of halogens is 1. The molecular formula is C10H8BrN3. The van der Waals surface area contributed by atoms with Gasteiger partial charge in [0.25, 0.3) is 0 Å². The topological polar surface area (TPSA) is 51.8 Å². The van der Waals surface area contributed by atoms with Gasteiger partial charge in [-0.25, -0.2) is 4.98 Å². The lowest BCUT2D eigenvalue weighted by Crippen LogP contribution is -1.92. The average Bonchev–Trinajstić information content (AvgIpc) is 2.23. The molecule has 0 radical (unpaired) electrons. The first-order valence-electron chi connectivity index (χ1n) is 4.10. The molecule has 0 aromatic carbocycles. The van der Waals surface area contributed by atoms with Crippen molar-refractivity contribution in [3.05, 3.63) is 41.1 Å². The minimum Gasteiger partial charge on any atom is -0.384 e. The van der Waals surface area contributed by atoms with Crippen molar-refractivity contribution in [2.75, 3.05) is 5.73 Å². The van der Waals surface area contributed by atoms with Gasteiger partial charge in [-0.1, -0.05) is 6.07 Å². The molecule has 2 rings (SSSR count). The first-order valence-corrected chi connectivity index (χ1v) is 4.89. The summed E-state index contributed by atoms with van der Waals surface area (Å²) in [6.07, 6.45) is 3.43. The highest BCUT2D eigenvalue weighted by Crippen LogP contribution is 2.26.